The molecule has 0 amide bonds. The molecule has 0 saturated heterocycles. The van der Waals surface area contributed by atoms with Crippen LogP contribution in [0.1, 0.15) is 15.9 Å². The second-order valence-corrected chi connectivity index (χ2v) is 6.77. The Morgan fingerprint density at radius 1 is 0.871 bits per heavy atom. The largest absolute Gasteiger partial charge is 0.497 e. The maximum Gasteiger partial charge on any atom is 0.281 e. The molecule has 4 aromatic rings. The van der Waals surface area contributed by atoms with Crippen LogP contribution in [0.4, 0.5) is 5.95 Å². The molecule has 31 heavy (non-hydrogen) atoms. The van der Waals surface area contributed by atoms with Gasteiger partial charge in [-0.05, 0) is 54.1 Å². The average molecular weight is 414 g/mol. The molecule has 4 rings (SSSR count). The maximum absolute atomic E-state index is 13.2. The van der Waals surface area contributed by atoms with E-state index in [1.54, 1.807) is 38.5 Å². The lowest BCUT2D eigenvalue weighted by Crippen LogP contribution is -2.17. The van der Waals surface area contributed by atoms with Crippen molar-refractivity contribution in [3.8, 4) is 22.9 Å². The first-order valence-electron chi connectivity index (χ1n) is 9.76. The van der Waals surface area contributed by atoms with Crippen LogP contribution in [0.2, 0.25) is 0 Å². The predicted molar refractivity (Wildman–Crippen MR) is 119 cm³/mol. The van der Waals surface area contributed by atoms with E-state index in [0.29, 0.717) is 29.6 Å². The van der Waals surface area contributed by atoms with Gasteiger partial charge in [-0.3, -0.25) is 4.79 Å². The fourth-order valence-electron chi connectivity index (χ4n) is 3.06. The zero-order valence-corrected chi connectivity index (χ0v) is 17.3. The summed E-state index contributed by atoms with van der Waals surface area (Å²) in [6.07, 6.45) is 0. The summed E-state index contributed by atoms with van der Waals surface area (Å²) in [6.45, 7) is 0.511. The Bertz CT molecular complexity index is 1150. The smallest absolute Gasteiger partial charge is 0.281 e. The number of hydrogen-bond donors (Lipinski definition) is 1. The molecule has 0 bridgehead atoms. The highest BCUT2D eigenvalue weighted by Crippen LogP contribution is 2.22. The molecule has 0 spiro atoms. The molecule has 0 fully saturated rings. The summed E-state index contributed by atoms with van der Waals surface area (Å²) >= 11 is 0. The Morgan fingerprint density at radius 2 is 1.48 bits per heavy atom. The van der Waals surface area contributed by atoms with Crippen molar-refractivity contribution >= 4 is 11.9 Å². The van der Waals surface area contributed by atoms with Gasteiger partial charge < -0.3 is 14.8 Å². The lowest BCUT2D eigenvalue weighted by atomic mass is 10.2. The third-order valence-electron chi connectivity index (χ3n) is 4.78. The van der Waals surface area contributed by atoms with Crippen LogP contribution in [0.5, 0.6) is 11.5 Å². The predicted octanol–water partition coefficient (Wildman–Crippen LogP) is 4.26. The van der Waals surface area contributed by atoms with Crippen molar-refractivity contribution in [1.82, 2.24) is 14.8 Å². The Balaban J connectivity index is 1.67. The van der Waals surface area contributed by atoms with Gasteiger partial charge in [-0.1, -0.05) is 30.3 Å². The van der Waals surface area contributed by atoms with Crippen LogP contribution in [0.3, 0.4) is 0 Å². The number of ether oxygens (including phenoxy) is 2. The summed E-state index contributed by atoms with van der Waals surface area (Å²) in [5, 5.41) is 7.72. The molecule has 3 aromatic carbocycles. The standard InChI is InChI=1S/C24H22N4O3/c1-30-20-12-8-18(9-13-20)22-26-24(25-16-17-6-4-3-5-7-17)28(27-22)23(29)19-10-14-21(31-2)15-11-19/h3-15H,16H2,1-2H3,(H,25,26,27). The summed E-state index contributed by atoms with van der Waals surface area (Å²) in [5.74, 6) is 1.94. The highest BCUT2D eigenvalue weighted by molar-refractivity contribution is 5.97. The number of nitrogens with zero attached hydrogens (tertiary/aromatic N) is 3. The quantitative estimate of drug-likeness (QED) is 0.487. The van der Waals surface area contributed by atoms with E-state index in [9.17, 15) is 4.79 Å². The molecule has 0 aliphatic carbocycles. The van der Waals surface area contributed by atoms with E-state index in [0.717, 1.165) is 16.9 Å². The molecule has 0 atom stereocenters. The number of methoxy groups -OCH3 is 2. The zero-order valence-electron chi connectivity index (χ0n) is 17.3. The molecule has 1 N–H and O–H groups in total. The molecule has 7 nitrogen and oxygen atoms in total. The summed E-state index contributed by atoms with van der Waals surface area (Å²) in [4.78, 5) is 17.8. The summed E-state index contributed by atoms with van der Waals surface area (Å²) < 4.78 is 11.7. The van der Waals surface area contributed by atoms with Crippen LogP contribution in [-0.2, 0) is 6.54 Å². The Morgan fingerprint density at radius 3 is 2.10 bits per heavy atom. The first-order valence-corrected chi connectivity index (χ1v) is 9.76. The van der Waals surface area contributed by atoms with E-state index in [1.807, 2.05) is 54.6 Å². The molecule has 156 valence electrons. The van der Waals surface area contributed by atoms with Gasteiger partial charge in [0.1, 0.15) is 11.5 Å². The van der Waals surface area contributed by atoms with E-state index >= 15 is 0 Å². The van der Waals surface area contributed by atoms with Crippen molar-refractivity contribution in [3.63, 3.8) is 0 Å². The normalized spacial score (nSPS) is 10.5. The molecule has 1 heterocycles. The number of benzene rings is 3. The van der Waals surface area contributed by atoms with Crippen molar-refractivity contribution in [2.45, 2.75) is 6.54 Å². The number of nitrogens with one attached hydrogen (secondary N) is 1. The fraction of sp³-hybridized carbons (Fsp3) is 0.125. The Labute approximate surface area is 180 Å². The lowest BCUT2D eigenvalue weighted by molar-refractivity contribution is 0.0947. The van der Waals surface area contributed by atoms with Crippen LogP contribution in [0.15, 0.2) is 78.9 Å². The molecule has 7 heteroatoms. The van der Waals surface area contributed by atoms with Crippen LogP contribution in [0, 0.1) is 0 Å². The van der Waals surface area contributed by atoms with Gasteiger partial charge in [-0.25, -0.2) is 0 Å². The maximum atomic E-state index is 13.2. The van der Waals surface area contributed by atoms with Gasteiger partial charge >= 0.3 is 0 Å². The second kappa shape index (κ2) is 9.13. The molecular weight excluding hydrogens is 392 g/mol. The molecule has 0 saturated carbocycles. The topological polar surface area (TPSA) is 78.3 Å². The van der Waals surface area contributed by atoms with E-state index in [2.05, 4.69) is 15.4 Å². The average Bonchev–Trinajstić information content (AvgIpc) is 3.27. The monoisotopic (exact) mass is 414 g/mol. The van der Waals surface area contributed by atoms with E-state index in [-0.39, 0.29) is 5.91 Å². The number of carbonyl (C=O) groups is 1. The number of hydrogen-bond acceptors (Lipinski definition) is 6. The highest BCUT2D eigenvalue weighted by atomic mass is 16.5. The van der Waals surface area contributed by atoms with Crippen molar-refractivity contribution in [2.24, 2.45) is 0 Å². The van der Waals surface area contributed by atoms with Crippen molar-refractivity contribution in [1.29, 1.82) is 0 Å². The van der Waals surface area contributed by atoms with Crippen molar-refractivity contribution in [2.75, 3.05) is 19.5 Å². The van der Waals surface area contributed by atoms with Crippen molar-refractivity contribution < 1.29 is 14.3 Å². The molecule has 0 unspecified atom stereocenters. The van der Waals surface area contributed by atoms with Gasteiger partial charge in [-0.15, -0.1) is 5.10 Å². The molecule has 0 aliphatic rings. The fourth-order valence-corrected chi connectivity index (χ4v) is 3.06. The third kappa shape index (κ3) is 4.56. The number of carbonyl (C=O) groups excluding carboxylic acids is 1. The molecule has 0 aliphatic heterocycles. The lowest BCUT2D eigenvalue weighted by Gasteiger charge is -2.08. The van der Waals surface area contributed by atoms with Crippen LogP contribution < -0.4 is 14.8 Å². The van der Waals surface area contributed by atoms with E-state index in [4.69, 9.17) is 9.47 Å². The van der Waals surface area contributed by atoms with Gasteiger partial charge in [-0.2, -0.15) is 9.67 Å². The third-order valence-corrected chi connectivity index (χ3v) is 4.78. The minimum Gasteiger partial charge on any atom is -0.497 e. The van der Waals surface area contributed by atoms with Crippen LogP contribution >= 0.6 is 0 Å². The Hall–Kier alpha value is -4.13. The summed E-state index contributed by atoms with van der Waals surface area (Å²) in [5.41, 5.74) is 2.33. The van der Waals surface area contributed by atoms with Crippen LogP contribution in [-0.4, -0.2) is 34.9 Å². The minimum atomic E-state index is -0.287. The summed E-state index contributed by atoms with van der Waals surface area (Å²) in [7, 11) is 3.20. The van der Waals surface area contributed by atoms with Gasteiger partial charge in [0.05, 0.1) is 14.2 Å². The highest BCUT2D eigenvalue weighted by Gasteiger charge is 2.19. The second-order valence-electron chi connectivity index (χ2n) is 6.77. The SMILES string of the molecule is COc1ccc(C(=O)n2nc(-c3ccc(OC)cc3)nc2NCc2ccccc2)cc1. The number of rotatable bonds is 7. The van der Waals surface area contributed by atoms with E-state index in [1.165, 1.54) is 4.68 Å². The van der Waals surface area contributed by atoms with E-state index < -0.39 is 0 Å². The first kappa shape index (κ1) is 20.2. The van der Waals surface area contributed by atoms with Gasteiger partial charge in [0.15, 0.2) is 5.82 Å². The number of anilines is 1. The minimum absolute atomic E-state index is 0.287. The van der Waals surface area contributed by atoms with Gasteiger partial charge in [0, 0.05) is 17.7 Å². The Kier molecular flexibility index (Phi) is 5.93. The van der Waals surface area contributed by atoms with Crippen LogP contribution in [0.25, 0.3) is 11.4 Å². The molecule has 1 aromatic heterocycles. The number of aromatic nitrogens is 3. The summed E-state index contributed by atoms with van der Waals surface area (Å²) in [6, 6.07) is 24.2. The van der Waals surface area contributed by atoms with Gasteiger partial charge in [0.25, 0.3) is 5.91 Å². The van der Waals surface area contributed by atoms with Gasteiger partial charge in [0.2, 0.25) is 5.95 Å². The molecular formula is C24H22N4O3. The first-order chi connectivity index (χ1) is 15.2. The van der Waals surface area contributed by atoms with Crippen molar-refractivity contribution in [3.05, 3.63) is 90.0 Å². The zero-order chi connectivity index (χ0) is 21.6. The molecule has 0 radical (unpaired) electrons.